The highest BCUT2D eigenvalue weighted by Crippen LogP contribution is 2.32. The summed E-state index contributed by atoms with van der Waals surface area (Å²) < 4.78 is 31.6. The van der Waals surface area contributed by atoms with Gasteiger partial charge in [-0.3, -0.25) is 4.79 Å². The van der Waals surface area contributed by atoms with Crippen molar-refractivity contribution in [1.29, 1.82) is 0 Å². The maximum Gasteiger partial charge on any atom is 0.259 e. The van der Waals surface area contributed by atoms with Crippen LogP contribution in [0, 0.1) is 11.6 Å². The molecule has 0 saturated heterocycles. The van der Waals surface area contributed by atoms with Gasteiger partial charge in [0.15, 0.2) is 17.3 Å². The molecule has 0 aliphatic rings. The first-order valence-electron chi connectivity index (χ1n) is 5.76. The van der Waals surface area contributed by atoms with E-state index in [-0.39, 0.29) is 27.2 Å². The number of phenols is 1. The zero-order valence-electron chi connectivity index (χ0n) is 10.8. The quantitative estimate of drug-likeness (QED) is 0.880. The van der Waals surface area contributed by atoms with Gasteiger partial charge in [0.05, 0.1) is 18.4 Å². The third-order valence-corrected chi connectivity index (χ3v) is 3.33. The van der Waals surface area contributed by atoms with Crippen LogP contribution in [0.15, 0.2) is 34.8 Å². The first-order chi connectivity index (χ1) is 9.93. The molecule has 4 nitrogen and oxygen atoms in total. The van der Waals surface area contributed by atoms with Gasteiger partial charge in [0.1, 0.15) is 5.82 Å². The van der Waals surface area contributed by atoms with E-state index in [2.05, 4.69) is 21.2 Å². The second-order valence-corrected chi connectivity index (χ2v) is 4.91. The van der Waals surface area contributed by atoms with Crippen molar-refractivity contribution >= 4 is 27.5 Å². The van der Waals surface area contributed by atoms with Gasteiger partial charge in [-0.15, -0.1) is 0 Å². The Balaban J connectivity index is 2.35. The van der Waals surface area contributed by atoms with Crippen LogP contribution in [0.4, 0.5) is 14.5 Å². The van der Waals surface area contributed by atoms with Gasteiger partial charge in [0, 0.05) is 10.5 Å². The average Bonchev–Trinajstić information content (AvgIpc) is 2.42. The lowest BCUT2D eigenvalue weighted by Crippen LogP contribution is -2.14. The lowest BCUT2D eigenvalue weighted by molar-refractivity contribution is 0.102. The van der Waals surface area contributed by atoms with Crippen LogP contribution < -0.4 is 10.1 Å². The number of ether oxygens (including phenoxy) is 1. The first kappa shape index (κ1) is 15.2. The van der Waals surface area contributed by atoms with Gasteiger partial charge >= 0.3 is 0 Å². The number of hydrogen-bond acceptors (Lipinski definition) is 3. The predicted octanol–water partition coefficient (Wildman–Crippen LogP) is 3.69. The van der Waals surface area contributed by atoms with Crippen molar-refractivity contribution in [2.75, 3.05) is 12.4 Å². The van der Waals surface area contributed by atoms with Crippen LogP contribution in [-0.2, 0) is 0 Å². The van der Waals surface area contributed by atoms with E-state index in [4.69, 9.17) is 4.74 Å². The van der Waals surface area contributed by atoms with Crippen molar-refractivity contribution in [3.05, 3.63) is 52.0 Å². The summed E-state index contributed by atoms with van der Waals surface area (Å²) in [6.07, 6.45) is 0. The number of halogens is 3. The van der Waals surface area contributed by atoms with Gasteiger partial charge in [0.25, 0.3) is 5.91 Å². The Morgan fingerprint density at radius 3 is 2.67 bits per heavy atom. The molecule has 0 unspecified atom stereocenters. The number of hydrogen-bond donors (Lipinski definition) is 2. The van der Waals surface area contributed by atoms with Gasteiger partial charge in [-0.05, 0) is 34.1 Å². The summed E-state index contributed by atoms with van der Waals surface area (Å²) in [5.41, 5.74) is -0.311. The highest BCUT2D eigenvalue weighted by atomic mass is 79.9. The minimum Gasteiger partial charge on any atom is -0.504 e. The molecule has 0 aromatic heterocycles. The van der Waals surface area contributed by atoms with Crippen LogP contribution in [0.5, 0.6) is 11.5 Å². The van der Waals surface area contributed by atoms with E-state index in [1.807, 2.05) is 0 Å². The maximum atomic E-state index is 13.7. The van der Waals surface area contributed by atoms with Gasteiger partial charge < -0.3 is 15.2 Å². The SMILES string of the molecule is COc1cccc(C(=O)Nc2c(F)cc(F)cc2Br)c1O. The molecule has 7 heteroatoms. The van der Waals surface area contributed by atoms with Crippen molar-refractivity contribution in [2.45, 2.75) is 0 Å². The number of benzene rings is 2. The number of para-hydroxylation sites is 1. The third-order valence-electron chi connectivity index (χ3n) is 2.71. The highest BCUT2D eigenvalue weighted by molar-refractivity contribution is 9.10. The summed E-state index contributed by atoms with van der Waals surface area (Å²) in [4.78, 5) is 12.1. The molecule has 0 bridgehead atoms. The van der Waals surface area contributed by atoms with E-state index in [0.29, 0.717) is 6.07 Å². The smallest absolute Gasteiger partial charge is 0.259 e. The van der Waals surface area contributed by atoms with Crippen LogP contribution in [0.1, 0.15) is 10.4 Å². The second kappa shape index (κ2) is 6.09. The lowest BCUT2D eigenvalue weighted by Gasteiger charge is -2.11. The van der Waals surface area contributed by atoms with E-state index < -0.39 is 17.5 Å². The summed E-state index contributed by atoms with van der Waals surface area (Å²) in [5, 5.41) is 12.1. The Morgan fingerprint density at radius 2 is 2.05 bits per heavy atom. The molecule has 0 aliphatic carbocycles. The van der Waals surface area contributed by atoms with Crippen molar-refractivity contribution < 1.29 is 23.4 Å². The first-order valence-corrected chi connectivity index (χ1v) is 6.55. The van der Waals surface area contributed by atoms with Crippen molar-refractivity contribution in [3.8, 4) is 11.5 Å². The van der Waals surface area contributed by atoms with E-state index in [1.165, 1.54) is 25.3 Å². The standard InChI is InChI=1S/C14H10BrF2NO3/c1-21-11-4-2-3-8(13(11)19)14(20)18-12-9(15)5-7(16)6-10(12)17/h2-6,19H,1H3,(H,18,20). The molecule has 0 radical (unpaired) electrons. The topological polar surface area (TPSA) is 58.6 Å². The molecular weight excluding hydrogens is 348 g/mol. The monoisotopic (exact) mass is 357 g/mol. The molecule has 2 aromatic carbocycles. The van der Waals surface area contributed by atoms with Gasteiger partial charge in [-0.1, -0.05) is 6.07 Å². The van der Waals surface area contributed by atoms with Gasteiger partial charge in [0.2, 0.25) is 0 Å². The van der Waals surface area contributed by atoms with E-state index in [0.717, 1.165) is 6.07 Å². The molecule has 2 N–H and O–H groups in total. The molecule has 2 aromatic rings. The summed E-state index contributed by atoms with van der Waals surface area (Å²) in [6, 6.07) is 5.99. The van der Waals surface area contributed by atoms with Crippen molar-refractivity contribution in [2.24, 2.45) is 0 Å². The number of anilines is 1. The number of amides is 1. The zero-order valence-corrected chi connectivity index (χ0v) is 12.4. The molecule has 2 rings (SSSR count). The molecule has 21 heavy (non-hydrogen) atoms. The lowest BCUT2D eigenvalue weighted by atomic mass is 10.1. The van der Waals surface area contributed by atoms with Crippen LogP contribution in [0.3, 0.4) is 0 Å². The number of rotatable bonds is 3. The number of aromatic hydroxyl groups is 1. The van der Waals surface area contributed by atoms with Gasteiger partial charge in [-0.25, -0.2) is 8.78 Å². The Labute approximate surface area is 127 Å². The Kier molecular flexibility index (Phi) is 4.42. The van der Waals surface area contributed by atoms with Crippen molar-refractivity contribution in [3.63, 3.8) is 0 Å². The number of methoxy groups -OCH3 is 1. The Morgan fingerprint density at radius 1 is 1.33 bits per heavy atom. The molecule has 0 heterocycles. The summed E-state index contributed by atoms with van der Waals surface area (Å²) in [5.74, 6) is -2.71. The Hall–Kier alpha value is -2.15. The fourth-order valence-corrected chi connectivity index (χ4v) is 2.22. The van der Waals surface area contributed by atoms with E-state index in [1.54, 1.807) is 0 Å². The Bertz CT molecular complexity index is 684. The van der Waals surface area contributed by atoms with E-state index in [9.17, 15) is 18.7 Å². The van der Waals surface area contributed by atoms with Crippen LogP contribution in [0.2, 0.25) is 0 Å². The highest BCUT2D eigenvalue weighted by Gasteiger charge is 2.18. The summed E-state index contributed by atoms with van der Waals surface area (Å²) in [6.45, 7) is 0. The van der Waals surface area contributed by atoms with Crippen molar-refractivity contribution in [1.82, 2.24) is 0 Å². The summed E-state index contributed by atoms with van der Waals surface area (Å²) >= 11 is 2.96. The molecule has 110 valence electrons. The molecule has 0 fully saturated rings. The van der Waals surface area contributed by atoms with E-state index >= 15 is 0 Å². The largest absolute Gasteiger partial charge is 0.504 e. The molecule has 0 aliphatic heterocycles. The zero-order chi connectivity index (χ0) is 15.6. The number of phenolic OH excluding ortho intramolecular Hbond substituents is 1. The number of carbonyl (C=O) groups is 1. The molecular formula is C14H10BrF2NO3. The minimum atomic E-state index is -0.933. The molecule has 0 atom stereocenters. The third kappa shape index (κ3) is 3.13. The predicted molar refractivity (Wildman–Crippen MR) is 76.7 cm³/mol. The maximum absolute atomic E-state index is 13.7. The number of carbonyl (C=O) groups excluding carboxylic acids is 1. The minimum absolute atomic E-state index is 0.0516. The molecule has 0 spiro atoms. The van der Waals surface area contributed by atoms with Gasteiger partial charge in [-0.2, -0.15) is 0 Å². The second-order valence-electron chi connectivity index (χ2n) is 4.05. The summed E-state index contributed by atoms with van der Waals surface area (Å²) in [7, 11) is 1.34. The molecule has 1 amide bonds. The molecule has 0 saturated carbocycles. The fraction of sp³-hybridized carbons (Fsp3) is 0.0714. The van der Waals surface area contributed by atoms with Crippen LogP contribution >= 0.6 is 15.9 Å². The fourth-order valence-electron chi connectivity index (χ4n) is 1.71. The van der Waals surface area contributed by atoms with Crippen LogP contribution in [-0.4, -0.2) is 18.1 Å². The van der Waals surface area contributed by atoms with Crippen LogP contribution in [0.25, 0.3) is 0 Å². The normalized spacial score (nSPS) is 10.3. The number of nitrogens with one attached hydrogen (secondary N) is 1. The average molecular weight is 358 g/mol.